The third kappa shape index (κ3) is 1.19. The normalized spacial score (nSPS) is 52.6. The molecule has 2 aliphatic carbocycles. The summed E-state index contributed by atoms with van der Waals surface area (Å²) in [6, 6.07) is 0. The highest BCUT2D eigenvalue weighted by atomic mass is 16.5. The highest BCUT2D eigenvalue weighted by molar-refractivity contribution is 5.12. The van der Waals surface area contributed by atoms with Gasteiger partial charge >= 0.3 is 0 Å². The van der Waals surface area contributed by atoms with E-state index in [1.54, 1.807) is 0 Å². The molecule has 0 radical (unpaired) electrons. The molecule has 0 amide bonds. The minimum absolute atomic E-state index is 0.148. The molecule has 0 aromatic heterocycles. The van der Waals surface area contributed by atoms with Crippen molar-refractivity contribution in [3.63, 3.8) is 0 Å². The maximum Gasteiger partial charge on any atom is 0.0746 e. The Balaban J connectivity index is 1.99. The second-order valence-electron chi connectivity index (χ2n) is 6.91. The lowest BCUT2D eigenvalue weighted by molar-refractivity contribution is -0.166. The van der Waals surface area contributed by atoms with E-state index in [4.69, 9.17) is 4.74 Å². The summed E-state index contributed by atoms with van der Waals surface area (Å²) in [4.78, 5) is 0. The van der Waals surface area contributed by atoms with Crippen molar-refractivity contribution in [3.8, 4) is 0 Å². The van der Waals surface area contributed by atoms with Gasteiger partial charge in [-0.3, -0.25) is 0 Å². The van der Waals surface area contributed by atoms with E-state index < -0.39 is 0 Å². The van der Waals surface area contributed by atoms with Crippen molar-refractivity contribution in [2.75, 3.05) is 0 Å². The molecule has 1 heterocycles. The molecule has 0 N–H and O–H groups in total. The van der Waals surface area contributed by atoms with Gasteiger partial charge in [0, 0.05) is 0 Å². The van der Waals surface area contributed by atoms with Gasteiger partial charge in [0.1, 0.15) is 0 Å². The van der Waals surface area contributed by atoms with E-state index in [0.29, 0.717) is 5.41 Å². The number of rotatable bonds is 0. The first-order valence-corrected chi connectivity index (χ1v) is 6.68. The Labute approximate surface area is 93.6 Å². The second-order valence-corrected chi connectivity index (χ2v) is 6.91. The van der Waals surface area contributed by atoms with E-state index in [2.05, 4.69) is 20.8 Å². The van der Waals surface area contributed by atoms with E-state index in [0.717, 1.165) is 5.92 Å². The lowest BCUT2D eigenvalue weighted by Gasteiger charge is -2.51. The number of fused-ring (bicyclic) bond motifs is 1. The van der Waals surface area contributed by atoms with Crippen LogP contribution in [0.4, 0.5) is 0 Å². The van der Waals surface area contributed by atoms with E-state index in [-0.39, 0.29) is 11.2 Å². The predicted molar refractivity (Wildman–Crippen MR) is 61.8 cm³/mol. The molecule has 86 valence electrons. The third-order valence-electron chi connectivity index (χ3n) is 5.72. The van der Waals surface area contributed by atoms with Crippen molar-refractivity contribution < 1.29 is 4.74 Å². The minimum atomic E-state index is 0.148. The van der Waals surface area contributed by atoms with Crippen LogP contribution in [0.3, 0.4) is 0 Å². The van der Waals surface area contributed by atoms with Crippen LogP contribution in [0.5, 0.6) is 0 Å². The van der Waals surface area contributed by atoms with Gasteiger partial charge in [0.25, 0.3) is 0 Å². The van der Waals surface area contributed by atoms with Crippen LogP contribution in [0.2, 0.25) is 0 Å². The number of hydrogen-bond donors (Lipinski definition) is 0. The van der Waals surface area contributed by atoms with Gasteiger partial charge in [0.2, 0.25) is 0 Å². The van der Waals surface area contributed by atoms with E-state index in [1.807, 2.05) is 0 Å². The first-order valence-electron chi connectivity index (χ1n) is 6.68. The average molecular weight is 208 g/mol. The number of ether oxygens (including phenoxy) is 1. The summed E-state index contributed by atoms with van der Waals surface area (Å²) in [5, 5.41) is 0. The molecule has 2 saturated carbocycles. The highest BCUT2D eigenvalue weighted by Crippen LogP contribution is 2.63. The van der Waals surface area contributed by atoms with E-state index >= 15 is 0 Å². The Kier molecular flexibility index (Phi) is 1.89. The quantitative estimate of drug-likeness (QED) is 0.586. The Hall–Kier alpha value is -0.0400. The third-order valence-corrected chi connectivity index (χ3v) is 5.72. The summed E-state index contributed by atoms with van der Waals surface area (Å²) >= 11 is 0. The average Bonchev–Trinajstić information content (AvgIpc) is 2.38. The molecule has 1 saturated heterocycles. The zero-order valence-electron chi connectivity index (χ0n) is 10.4. The molecule has 1 spiro atoms. The minimum Gasteiger partial charge on any atom is -0.368 e. The van der Waals surface area contributed by atoms with Crippen molar-refractivity contribution in [1.82, 2.24) is 0 Å². The fourth-order valence-electron chi connectivity index (χ4n) is 4.55. The fourth-order valence-corrected chi connectivity index (χ4v) is 4.55. The molecular weight excluding hydrogens is 184 g/mol. The Morgan fingerprint density at radius 1 is 1.00 bits per heavy atom. The topological polar surface area (TPSA) is 9.23 Å². The van der Waals surface area contributed by atoms with Gasteiger partial charge in [-0.1, -0.05) is 19.8 Å². The van der Waals surface area contributed by atoms with Crippen molar-refractivity contribution in [2.24, 2.45) is 11.3 Å². The van der Waals surface area contributed by atoms with E-state index in [9.17, 15) is 0 Å². The van der Waals surface area contributed by atoms with Gasteiger partial charge in [0.05, 0.1) is 11.2 Å². The maximum absolute atomic E-state index is 6.57. The Morgan fingerprint density at radius 3 is 2.53 bits per heavy atom. The van der Waals surface area contributed by atoms with Crippen LogP contribution >= 0.6 is 0 Å². The monoisotopic (exact) mass is 208 g/mol. The van der Waals surface area contributed by atoms with Gasteiger partial charge in [-0.15, -0.1) is 0 Å². The van der Waals surface area contributed by atoms with Crippen LogP contribution in [-0.2, 0) is 4.74 Å². The molecule has 1 heteroatoms. The maximum atomic E-state index is 6.57. The van der Waals surface area contributed by atoms with Crippen LogP contribution in [0.25, 0.3) is 0 Å². The smallest absolute Gasteiger partial charge is 0.0746 e. The molecule has 3 atom stereocenters. The zero-order chi connectivity index (χ0) is 10.7. The van der Waals surface area contributed by atoms with Gasteiger partial charge in [-0.05, 0) is 57.3 Å². The lowest BCUT2D eigenvalue weighted by atomic mass is 9.56. The summed E-state index contributed by atoms with van der Waals surface area (Å²) in [5.74, 6) is 0.823. The predicted octanol–water partition coefficient (Wildman–Crippen LogP) is 3.91. The summed E-state index contributed by atoms with van der Waals surface area (Å²) in [6.45, 7) is 7.11. The summed E-state index contributed by atoms with van der Waals surface area (Å²) in [5.41, 5.74) is 0.905. The molecule has 1 nitrogen and oxygen atoms in total. The SMILES string of the molecule is CC1(C)OC23CCCC[C@@]2(C)CCC1C3. The number of hydrogen-bond acceptors (Lipinski definition) is 1. The summed E-state index contributed by atoms with van der Waals surface area (Å²) in [7, 11) is 0. The van der Waals surface area contributed by atoms with Gasteiger partial charge in [0.15, 0.2) is 0 Å². The van der Waals surface area contributed by atoms with Crippen molar-refractivity contribution >= 4 is 0 Å². The second kappa shape index (κ2) is 2.80. The molecule has 3 fully saturated rings. The van der Waals surface area contributed by atoms with Crippen molar-refractivity contribution in [3.05, 3.63) is 0 Å². The standard InChI is InChI=1S/C14H24O/c1-12(2)11-6-9-13(3)7-4-5-8-14(13,10-11)15-12/h11H,4-10H2,1-3H3/t11?,13-,14?/m0/s1. The summed E-state index contributed by atoms with van der Waals surface area (Å²) in [6.07, 6.45) is 9.67. The molecular formula is C14H24O. The molecule has 2 bridgehead atoms. The van der Waals surface area contributed by atoms with E-state index in [1.165, 1.54) is 44.9 Å². The van der Waals surface area contributed by atoms with Crippen LogP contribution in [0.15, 0.2) is 0 Å². The van der Waals surface area contributed by atoms with Crippen molar-refractivity contribution in [2.45, 2.75) is 76.9 Å². The van der Waals surface area contributed by atoms with Crippen LogP contribution in [0, 0.1) is 11.3 Å². The molecule has 0 aromatic carbocycles. The summed E-state index contributed by atoms with van der Waals surface area (Å²) < 4.78 is 6.57. The highest BCUT2D eigenvalue weighted by Gasteiger charge is 2.62. The first kappa shape index (κ1) is 10.1. The van der Waals surface area contributed by atoms with Gasteiger partial charge in [-0.25, -0.2) is 0 Å². The fraction of sp³-hybridized carbons (Fsp3) is 1.00. The van der Waals surface area contributed by atoms with Crippen molar-refractivity contribution in [1.29, 1.82) is 0 Å². The van der Waals surface area contributed by atoms with Gasteiger partial charge in [-0.2, -0.15) is 0 Å². The molecule has 2 unspecified atom stereocenters. The molecule has 0 aromatic rings. The van der Waals surface area contributed by atoms with Crippen LogP contribution in [0.1, 0.15) is 65.7 Å². The Morgan fingerprint density at radius 2 is 1.73 bits per heavy atom. The van der Waals surface area contributed by atoms with Gasteiger partial charge < -0.3 is 4.74 Å². The molecule has 3 aliphatic rings. The van der Waals surface area contributed by atoms with Crippen LogP contribution < -0.4 is 0 Å². The molecule has 1 aliphatic heterocycles. The molecule has 15 heavy (non-hydrogen) atoms. The lowest BCUT2D eigenvalue weighted by Crippen LogP contribution is -2.50. The largest absolute Gasteiger partial charge is 0.368 e. The first-order chi connectivity index (χ1) is 6.98. The zero-order valence-corrected chi connectivity index (χ0v) is 10.4. The molecule has 3 rings (SSSR count). The van der Waals surface area contributed by atoms with Crippen LogP contribution in [-0.4, -0.2) is 11.2 Å². The Bertz CT molecular complexity index is 283.